The molecule has 0 amide bonds. The van der Waals surface area contributed by atoms with Crippen LogP contribution in [-0.2, 0) is 7.05 Å². The van der Waals surface area contributed by atoms with E-state index < -0.39 is 13.7 Å². The van der Waals surface area contributed by atoms with Crippen molar-refractivity contribution in [2.24, 2.45) is 7.05 Å². The zero-order valence-corrected chi connectivity index (χ0v) is 16.4. The van der Waals surface area contributed by atoms with E-state index >= 15 is 0 Å². The van der Waals surface area contributed by atoms with E-state index in [0.717, 1.165) is 32.7 Å². The molecule has 0 fully saturated rings. The number of benzene rings is 2. The lowest BCUT2D eigenvalue weighted by Gasteiger charge is -2.07. The van der Waals surface area contributed by atoms with Gasteiger partial charge in [0.25, 0.3) is 0 Å². The number of pyridine rings is 2. The Morgan fingerprint density at radius 1 is 0.833 bits per heavy atom. The lowest BCUT2D eigenvalue weighted by Crippen LogP contribution is -2.31. The van der Waals surface area contributed by atoms with Crippen LogP contribution in [-0.4, -0.2) is 4.98 Å². The van der Waals surface area contributed by atoms with Crippen molar-refractivity contribution in [3.63, 3.8) is 0 Å². The number of fused-ring (bicyclic) bond motifs is 6. The van der Waals surface area contributed by atoms with Crippen LogP contribution in [0.2, 0.25) is 0 Å². The fourth-order valence-electron chi connectivity index (χ4n) is 4.22. The average Bonchev–Trinajstić information content (AvgIpc) is 3.33. The molecule has 0 aliphatic carbocycles. The highest BCUT2D eigenvalue weighted by molar-refractivity contribution is 6.14. The van der Waals surface area contributed by atoms with Crippen LogP contribution < -0.4 is 4.57 Å². The number of nitrogens with zero attached hydrogens (tertiary/aromatic N) is 2. The first-order valence-corrected chi connectivity index (χ1v) is 9.62. The topological polar surface area (TPSA) is 43.1 Å². The van der Waals surface area contributed by atoms with Gasteiger partial charge in [0.1, 0.15) is 12.6 Å². The van der Waals surface area contributed by atoms with Crippen LogP contribution >= 0.6 is 0 Å². The van der Waals surface area contributed by atoms with Gasteiger partial charge in [0.2, 0.25) is 17.1 Å². The van der Waals surface area contributed by atoms with Gasteiger partial charge < -0.3 is 8.83 Å². The van der Waals surface area contributed by atoms with Gasteiger partial charge in [-0.25, -0.2) is 4.57 Å². The van der Waals surface area contributed by atoms with E-state index in [-0.39, 0.29) is 11.1 Å². The van der Waals surface area contributed by atoms with Crippen molar-refractivity contribution in [3.05, 3.63) is 71.4 Å². The number of aromatic nitrogens is 2. The Kier molecular flexibility index (Phi) is 2.40. The largest absolute Gasteiger partial charge is 0.438 e. The summed E-state index contributed by atoms with van der Waals surface area (Å²) in [5.74, 6) is 0. The molecule has 0 N–H and O–H groups in total. The maximum Gasteiger partial charge on any atom is 0.230 e. The highest BCUT2D eigenvalue weighted by atomic mass is 16.4. The van der Waals surface area contributed by atoms with E-state index in [1.807, 2.05) is 49.4 Å². The molecule has 0 radical (unpaired) electrons. The van der Waals surface area contributed by atoms with Crippen molar-refractivity contribution >= 4 is 44.1 Å². The van der Waals surface area contributed by atoms with Gasteiger partial charge in [-0.15, -0.1) is 0 Å². The summed E-state index contributed by atoms with van der Waals surface area (Å²) in [6.45, 7) is -3.27. The summed E-state index contributed by atoms with van der Waals surface area (Å²) in [5, 5.41) is 3.46. The summed E-state index contributed by atoms with van der Waals surface area (Å²) in [6.07, 6.45) is 1.38. The number of hydrogen-bond acceptors (Lipinski definition) is 3. The number of rotatable bonds is 1. The Bertz CT molecular complexity index is 1840. The molecule has 4 heterocycles. The molecule has 0 spiro atoms. The van der Waals surface area contributed by atoms with Crippen LogP contribution in [0.4, 0.5) is 0 Å². The second-order valence-electron chi connectivity index (χ2n) is 7.63. The smallest absolute Gasteiger partial charge is 0.230 e. The molecule has 0 bridgehead atoms. The van der Waals surface area contributed by atoms with Gasteiger partial charge in [0, 0.05) is 41.4 Å². The zero-order chi connectivity index (χ0) is 25.6. The van der Waals surface area contributed by atoms with Crippen molar-refractivity contribution in [3.8, 4) is 11.3 Å². The minimum atomic E-state index is -2.60. The van der Waals surface area contributed by atoms with E-state index in [4.69, 9.17) is 17.1 Å². The molecule has 0 aliphatic rings. The summed E-state index contributed by atoms with van der Waals surface area (Å²) >= 11 is 0. The second-order valence-corrected chi connectivity index (χ2v) is 7.63. The third-order valence-electron chi connectivity index (χ3n) is 5.72. The van der Waals surface area contributed by atoms with E-state index in [1.165, 1.54) is 12.3 Å². The molecule has 4 heteroatoms. The maximum atomic E-state index is 7.99. The molecular formula is C26H21N2O2+. The molecule has 30 heavy (non-hydrogen) atoms. The standard InChI is InChI=1S/C26H21N2O2/c1-14-9-10-18-20-12-19-17-7-5-6-8-22(17)29-25(19)27-26(20)30-24(18)23(14)21-11-15(2)16(3)13-28(21)4/h5-13H,1-4H3/q+1/i2D3,3D3. The van der Waals surface area contributed by atoms with Crippen LogP contribution in [0.5, 0.6) is 0 Å². The fourth-order valence-corrected chi connectivity index (χ4v) is 4.22. The van der Waals surface area contributed by atoms with Gasteiger partial charge in [-0.1, -0.05) is 30.3 Å². The molecule has 0 aliphatic heterocycles. The molecular weight excluding hydrogens is 372 g/mol. The first kappa shape index (κ1) is 12.1. The summed E-state index contributed by atoms with van der Waals surface area (Å²) in [5.41, 5.74) is 3.82. The first-order valence-electron chi connectivity index (χ1n) is 12.6. The summed E-state index contributed by atoms with van der Waals surface area (Å²) in [7, 11) is 1.70. The van der Waals surface area contributed by atoms with Crippen molar-refractivity contribution in [2.45, 2.75) is 20.6 Å². The summed E-state index contributed by atoms with van der Waals surface area (Å²) in [6, 6.07) is 15.1. The normalized spacial score (nSPS) is 15.8. The van der Waals surface area contributed by atoms with Crippen molar-refractivity contribution in [1.82, 2.24) is 4.98 Å². The molecule has 0 atom stereocenters. The Balaban J connectivity index is 1.68. The average molecular weight is 400 g/mol. The molecule has 4 nitrogen and oxygen atoms in total. The Morgan fingerprint density at radius 2 is 1.63 bits per heavy atom. The van der Waals surface area contributed by atoms with Gasteiger partial charge in [0.15, 0.2) is 11.8 Å². The molecule has 4 aromatic heterocycles. The highest BCUT2D eigenvalue weighted by Crippen LogP contribution is 2.39. The number of furan rings is 2. The third kappa shape index (κ3) is 2.28. The third-order valence-corrected chi connectivity index (χ3v) is 5.72. The predicted octanol–water partition coefficient (Wildman–Crippen LogP) is 6.30. The van der Waals surface area contributed by atoms with E-state index in [1.54, 1.807) is 11.6 Å². The van der Waals surface area contributed by atoms with Crippen LogP contribution in [0.3, 0.4) is 0 Å². The highest BCUT2D eigenvalue weighted by Gasteiger charge is 2.22. The molecule has 0 saturated heterocycles. The van der Waals surface area contributed by atoms with E-state index in [0.29, 0.717) is 28.3 Å². The van der Waals surface area contributed by atoms with E-state index in [9.17, 15) is 0 Å². The SMILES string of the molecule is [2H]C([2H])([2H])c1cc(-c2c(C)ccc3c2oc2nc4oc5ccccc5c4cc23)[n+](C)cc1C([2H])([2H])[2H]. The molecule has 6 rings (SSSR count). The molecule has 6 aromatic rings. The quantitative estimate of drug-likeness (QED) is 0.305. The fraction of sp³-hybridized carbons (Fsp3) is 0.154. The number of hydrogen-bond donors (Lipinski definition) is 0. The zero-order valence-electron chi connectivity index (χ0n) is 22.4. The molecule has 146 valence electrons. The van der Waals surface area contributed by atoms with Gasteiger partial charge >= 0.3 is 0 Å². The van der Waals surface area contributed by atoms with Gasteiger partial charge in [-0.05, 0) is 43.9 Å². The second kappa shape index (κ2) is 5.92. The monoisotopic (exact) mass is 399 g/mol. The molecule has 2 aromatic carbocycles. The maximum absolute atomic E-state index is 7.99. The van der Waals surface area contributed by atoms with Crippen molar-refractivity contribution in [2.75, 3.05) is 0 Å². The lowest BCUT2D eigenvalue weighted by atomic mass is 9.99. The van der Waals surface area contributed by atoms with Crippen molar-refractivity contribution < 1.29 is 21.6 Å². The lowest BCUT2D eigenvalue weighted by molar-refractivity contribution is -0.660. The van der Waals surface area contributed by atoms with Gasteiger partial charge in [-0.3, -0.25) is 0 Å². The van der Waals surface area contributed by atoms with Crippen molar-refractivity contribution in [1.29, 1.82) is 0 Å². The van der Waals surface area contributed by atoms with Gasteiger partial charge in [-0.2, -0.15) is 4.98 Å². The number of aryl methyl sites for hydroxylation is 4. The minimum Gasteiger partial charge on any atom is -0.438 e. The van der Waals surface area contributed by atoms with Crippen LogP contribution in [0, 0.1) is 20.6 Å². The first-order chi connectivity index (χ1) is 16.9. The van der Waals surface area contributed by atoms with E-state index in [2.05, 4.69) is 4.98 Å². The van der Waals surface area contributed by atoms with Crippen LogP contribution in [0.1, 0.15) is 24.9 Å². The minimum absolute atomic E-state index is 0.197. The predicted molar refractivity (Wildman–Crippen MR) is 120 cm³/mol. The number of para-hydroxylation sites is 1. The Labute approximate surface area is 181 Å². The Morgan fingerprint density at radius 3 is 2.50 bits per heavy atom. The van der Waals surface area contributed by atoms with Crippen LogP contribution in [0.15, 0.2) is 63.6 Å². The molecule has 0 saturated carbocycles. The van der Waals surface area contributed by atoms with Crippen LogP contribution in [0.25, 0.3) is 55.4 Å². The Hall–Kier alpha value is -3.66. The summed E-state index contributed by atoms with van der Waals surface area (Å²) < 4.78 is 61.4. The summed E-state index contributed by atoms with van der Waals surface area (Å²) in [4.78, 5) is 4.64. The molecule has 0 unspecified atom stereocenters. The van der Waals surface area contributed by atoms with Gasteiger partial charge in [0.05, 0.1) is 5.56 Å².